The van der Waals surface area contributed by atoms with E-state index in [0.29, 0.717) is 6.42 Å². The fourth-order valence-electron chi connectivity index (χ4n) is 2.81. The zero-order valence-corrected chi connectivity index (χ0v) is 15.6. The molecule has 0 saturated carbocycles. The Hall–Kier alpha value is -2.29. The number of carbonyl (C=O) groups excluding carboxylic acids is 1. The van der Waals surface area contributed by atoms with Gasteiger partial charge in [-0.3, -0.25) is 4.79 Å². The van der Waals surface area contributed by atoms with Crippen molar-refractivity contribution < 1.29 is 9.53 Å². The van der Waals surface area contributed by atoms with Crippen molar-refractivity contribution in [1.29, 1.82) is 0 Å². The first-order valence-electron chi connectivity index (χ1n) is 9.24. The third-order valence-electron chi connectivity index (χ3n) is 4.31. The highest BCUT2D eigenvalue weighted by Crippen LogP contribution is 2.29. The predicted molar refractivity (Wildman–Crippen MR) is 104 cm³/mol. The van der Waals surface area contributed by atoms with Crippen LogP contribution in [0.4, 0.5) is 5.69 Å². The molecule has 2 aromatic carbocycles. The lowest BCUT2D eigenvalue weighted by atomic mass is 10.0. The maximum atomic E-state index is 12.1. The zero-order chi connectivity index (χ0) is 18.1. The van der Waals surface area contributed by atoms with E-state index in [9.17, 15) is 4.79 Å². The summed E-state index contributed by atoms with van der Waals surface area (Å²) in [6.45, 7) is 4.21. The van der Waals surface area contributed by atoms with Crippen molar-refractivity contribution in [1.82, 2.24) is 0 Å². The largest absolute Gasteiger partial charge is 0.486 e. The SMILES string of the molecule is CCCCC(Oc1cccc(N(C)C(=O)CCC)c1)c1ccccc1. The first kappa shape index (κ1) is 19.0. The van der Waals surface area contributed by atoms with Crippen LogP contribution in [0.15, 0.2) is 54.6 Å². The number of rotatable bonds is 9. The van der Waals surface area contributed by atoms with Gasteiger partial charge in [0.25, 0.3) is 0 Å². The molecule has 2 rings (SSSR count). The molecular formula is C22H29NO2. The van der Waals surface area contributed by atoms with Crippen LogP contribution in [0.1, 0.15) is 57.6 Å². The third-order valence-corrected chi connectivity index (χ3v) is 4.31. The van der Waals surface area contributed by atoms with Crippen LogP contribution in [0, 0.1) is 0 Å². The lowest BCUT2D eigenvalue weighted by molar-refractivity contribution is -0.118. The first-order valence-corrected chi connectivity index (χ1v) is 9.24. The Morgan fingerprint density at radius 2 is 1.80 bits per heavy atom. The van der Waals surface area contributed by atoms with Gasteiger partial charge in [-0.25, -0.2) is 0 Å². The van der Waals surface area contributed by atoms with Crippen molar-refractivity contribution in [2.45, 2.75) is 52.1 Å². The summed E-state index contributed by atoms with van der Waals surface area (Å²) in [6, 6.07) is 18.2. The summed E-state index contributed by atoms with van der Waals surface area (Å²) in [5.41, 5.74) is 2.06. The zero-order valence-electron chi connectivity index (χ0n) is 15.6. The summed E-state index contributed by atoms with van der Waals surface area (Å²) < 4.78 is 6.30. The number of hydrogen-bond acceptors (Lipinski definition) is 2. The van der Waals surface area contributed by atoms with Gasteiger partial charge in [-0.05, 0) is 37.0 Å². The smallest absolute Gasteiger partial charge is 0.226 e. The van der Waals surface area contributed by atoms with Crippen LogP contribution in [0.5, 0.6) is 5.75 Å². The Bertz CT molecular complexity index is 654. The lowest BCUT2D eigenvalue weighted by Gasteiger charge is -2.22. The Kier molecular flexibility index (Phi) is 7.52. The Balaban J connectivity index is 2.16. The standard InChI is InChI=1S/C22H29NO2/c1-4-6-16-21(18-12-8-7-9-13-18)25-20-15-10-14-19(17-20)23(3)22(24)11-5-2/h7-10,12-15,17,21H,4-6,11,16H2,1-3H3. The number of nitrogens with zero attached hydrogens (tertiary/aromatic N) is 1. The van der Waals surface area contributed by atoms with Crippen molar-refractivity contribution in [3.05, 3.63) is 60.2 Å². The monoisotopic (exact) mass is 339 g/mol. The minimum absolute atomic E-state index is 0.0352. The van der Waals surface area contributed by atoms with Crippen LogP contribution in [0.25, 0.3) is 0 Å². The summed E-state index contributed by atoms with van der Waals surface area (Å²) >= 11 is 0. The van der Waals surface area contributed by atoms with Crippen molar-refractivity contribution >= 4 is 11.6 Å². The number of ether oxygens (including phenoxy) is 1. The predicted octanol–water partition coefficient (Wildman–Crippen LogP) is 5.76. The van der Waals surface area contributed by atoms with E-state index >= 15 is 0 Å². The summed E-state index contributed by atoms with van der Waals surface area (Å²) in [5.74, 6) is 0.934. The van der Waals surface area contributed by atoms with Gasteiger partial charge in [-0.15, -0.1) is 0 Å². The maximum absolute atomic E-state index is 12.1. The molecule has 3 nitrogen and oxygen atoms in total. The van der Waals surface area contributed by atoms with Gasteiger partial charge in [0, 0.05) is 25.2 Å². The fraction of sp³-hybridized carbons (Fsp3) is 0.409. The van der Waals surface area contributed by atoms with Gasteiger partial charge >= 0.3 is 0 Å². The van der Waals surface area contributed by atoms with Gasteiger partial charge in [-0.1, -0.05) is 56.7 Å². The van der Waals surface area contributed by atoms with Crippen molar-refractivity contribution in [3.63, 3.8) is 0 Å². The molecule has 0 bridgehead atoms. The van der Waals surface area contributed by atoms with E-state index in [1.54, 1.807) is 4.90 Å². The quantitative estimate of drug-likeness (QED) is 0.581. The molecule has 1 unspecified atom stereocenters. The molecule has 0 radical (unpaired) electrons. The number of hydrogen-bond donors (Lipinski definition) is 0. The second kappa shape index (κ2) is 9.87. The minimum atomic E-state index is 0.0352. The van der Waals surface area contributed by atoms with Crippen LogP contribution < -0.4 is 9.64 Å². The Morgan fingerprint density at radius 3 is 2.48 bits per heavy atom. The average molecular weight is 339 g/mol. The number of carbonyl (C=O) groups is 1. The molecule has 0 aromatic heterocycles. The molecule has 3 heteroatoms. The van der Waals surface area contributed by atoms with Crippen LogP contribution >= 0.6 is 0 Å². The number of amides is 1. The molecule has 0 fully saturated rings. The molecule has 0 saturated heterocycles. The fourth-order valence-corrected chi connectivity index (χ4v) is 2.81. The van der Waals surface area contributed by atoms with E-state index in [1.807, 2.05) is 56.4 Å². The van der Waals surface area contributed by atoms with Crippen molar-refractivity contribution in [2.75, 3.05) is 11.9 Å². The second-order valence-corrected chi connectivity index (χ2v) is 6.36. The van der Waals surface area contributed by atoms with E-state index in [0.717, 1.165) is 37.1 Å². The van der Waals surface area contributed by atoms with Crippen molar-refractivity contribution in [2.24, 2.45) is 0 Å². The molecule has 0 aliphatic carbocycles. The molecule has 0 aliphatic rings. The van der Waals surface area contributed by atoms with E-state index in [1.165, 1.54) is 5.56 Å². The van der Waals surface area contributed by atoms with Crippen molar-refractivity contribution in [3.8, 4) is 5.75 Å². The van der Waals surface area contributed by atoms with Gasteiger partial charge < -0.3 is 9.64 Å². The highest BCUT2D eigenvalue weighted by atomic mass is 16.5. The molecule has 0 N–H and O–H groups in total. The Labute approximate surface area is 151 Å². The number of unbranched alkanes of at least 4 members (excludes halogenated alkanes) is 1. The summed E-state index contributed by atoms with van der Waals surface area (Å²) in [4.78, 5) is 13.8. The normalized spacial score (nSPS) is 11.8. The summed E-state index contributed by atoms with van der Waals surface area (Å²) in [5, 5.41) is 0. The molecule has 2 aromatic rings. The van der Waals surface area contributed by atoms with E-state index < -0.39 is 0 Å². The van der Waals surface area contributed by atoms with Gasteiger partial charge in [0.1, 0.15) is 11.9 Å². The summed E-state index contributed by atoms with van der Waals surface area (Å²) in [7, 11) is 1.82. The van der Waals surface area contributed by atoms with Gasteiger partial charge in [0.15, 0.2) is 0 Å². The molecule has 0 heterocycles. The first-order chi connectivity index (χ1) is 12.2. The minimum Gasteiger partial charge on any atom is -0.486 e. The van der Waals surface area contributed by atoms with Gasteiger partial charge in [0.2, 0.25) is 5.91 Å². The van der Waals surface area contributed by atoms with Gasteiger partial charge in [-0.2, -0.15) is 0 Å². The van der Waals surface area contributed by atoms with Crippen LogP contribution in [-0.4, -0.2) is 13.0 Å². The van der Waals surface area contributed by atoms with Crippen LogP contribution in [0.3, 0.4) is 0 Å². The molecule has 0 spiro atoms. The molecule has 134 valence electrons. The molecule has 1 amide bonds. The molecule has 0 aliphatic heterocycles. The number of benzene rings is 2. The number of anilines is 1. The van der Waals surface area contributed by atoms with E-state index in [4.69, 9.17) is 4.74 Å². The lowest BCUT2D eigenvalue weighted by Crippen LogP contribution is -2.25. The average Bonchev–Trinajstić information content (AvgIpc) is 2.65. The topological polar surface area (TPSA) is 29.5 Å². The van der Waals surface area contributed by atoms with Crippen LogP contribution in [-0.2, 0) is 4.79 Å². The molecule has 25 heavy (non-hydrogen) atoms. The molecular weight excluding hydrogens is 310 g/mol. The maximum Gasteiger partial charge on any atom is 0.226 e. The summed E-state index contributed by atoms with van der Waals surface area (Å²) in [6.07, 6.45) is 4.69. The van der Waals surface area contributed by atoms with Crippen LogP contribution in [0.2, 0.25) is 0 Å². The Morgan fingerprint density at radius 1 is 1.04 bits per heavy atom. The highest BCUT2D eigenvalue weighted by Gasteiger charge is 2.15. The highest BCUT2D eigenvalue weighted by molar-refractivity contribution is 5.92. The molecule has 1 atom stereocenters. The third kappa shape index (κ3) is 5.63. The van der Waals surface area contributed by atoms with E-state index in [-0.39, 0.29) is 12.0 Å². The van der Waals surface area contributed by atoms with Gasteiger partial charge in [0.05, 0.1) is 0 Å². The van der Waals surface area contributed by atoms with E-state index in [2.05, 4.69) is 19.1 Å². The second-order valence-electron chi connectivity index (χ2n) is 6.36.